The number of fused-ring (bicyclic) bond motifs is 1. The average molecular weight is 249 g/mol. The number of imidazole rings is 1. The summed E-state index contributed by atoms with van der Waals surface area (Å²) in [4.78, 5) is 4.39. The van der Waals surface area contributed by atoms with E-state index in [4.69, 9.17) is 10.8 Å². The highest BCUT2D eigenvalue weighted by molar-refractivity contribution is 5.80. The lowest BCUT2D eigenvalue weighted by Gasteiger charge is -2.28. The van der Waals surface area contributed by atoms with Crippen LogP contribution in [-0.2, 0) is 12.1 Å². The summed E-state index contributed by atoms with van der Waals surface area (Å²) in [7, 11) is 0. The van der Waals surface area contributed by atoms with Crippen LogP contribution < -0.4 is 5.73 Å². The van der Waals surface area contributed by atoms with Crippen molar-refractivity contribution >= 4 is 16.7 Å². The van der Waals surface area contributed by atoms with Crippen molar-refractivity contribution in [1.82, 2.24) is 9.55 Å². The molecule has 2 rings (SSSR count). The fourth-order valence-corrected chi connectivity index (χ4v) is 2.31. The SMILES string of the molecule is CC(C)(CCO)n1c(CO)nc2cc(N)ccc21. The summed E-state index contributed by atoms with van der Waals surface area (Å²) in [6.07, 6.45) is 0.593. The normalized spacial score (nSPS) is 12.2. The van der Waals surface area contributed by atoms with Crippen molar-refractivity contribution in [2.75, 3.05) is 12.3 Å². The second-order valence-electron chi connectivity index (χ2n) is 5.06. The molecule has 0 saturated heterocycles. The molecular weight excluding hydrogens is 230 g/mol. The number of hydrogen-bond acceptors (Lipinski definition) is 4. The van der Waals surface area contributed by atoms with Gasteiger partial charge >= 0.3 is 0 Å². The largest absolute Gasteiger partial charge is 0.399 e. The molecule has 5 heteroatoms. The monoisotopic (exact) mass is 249 g/mol. The molecule has 4 N–H and O–H groups in total. The van der Waals surface area contributed by atoms with Crippen molar-refractivity contribution in [1.29, 1.82) is 0 Å². The zero-order chi connectivity index (χ0) is 13.3. The molecule has 0 atom stereocenters. The Morgan fingerprint density at radius 3 is 2.67 bits per heavy atom. The summed E-state index contributed by atoms with van der Waals surface area (Å²) in [5.41, 5.74) is 7.77. The van der Waals surface area contributed by atoms with E-state index in [0.29, 0.717) is 17.9 Å². The number of nitrogens with zero attached hydrogens (tertiary/aromatic N) is 2. The van der Waals surface area contributed by atoms with Crippen molar-refractivity contribution < 1.29 is 10.2 Å². The van der Waals surface area contributed by atoms with Crippen LogP contribution in [0, 0.1) is 0 Å². The third-order valence-electron chi connectivity index (χ3n) is 3.22. The molecule has 0 unspecified atom stereocenters. The first kappa shape index (κ1) is 12.9. The molecule has 0 fully saturated rings. The molecule has 0 bridgehead atoms. The van der Waals surface area contributed by atoms with Crippen LogP contribution >= 0.6 is 0 Å². The van der Waals surface area contributed by atoms with Crippen LogP contribution in [0.3, 0.4) is 0 Å². The Kier molecular flexibility index (Phi) is 3.28. The highest BCUT2D eigenvalue weighted by Gasteiger charge is 2.25. The molecule has 5 nitrogen and oxygen atoms in total. The molecule has 0 amide bonds. The second-order valence-corrected chi connectivity index (χ2v) is 5.06. The first-order valence-electron chi connectivity index (χ1n) is 5.98. The molecule has 18 heavy (non-hydrogen) atoms. The number of benzene rings is 1. The Labute approximate surface area is 106 Å². The summed E-state index contributed by atoms with van der Waals surface area (Å²) >= 11 is 0. The van der Waals surface area contributed by atoms with Gasteiger partial charge < -0.3 is 20.5 Å². The molecule has 1 aromatic heterocycles. The number of nitrogens with two attached hydrogens (primary N) is 1. The lowest BCUT2D eigenvalue weighted by atomic mass is 10.00. The van der Waals surface area contributed by atoms with Gasteiger partial charge in [0.05, 0.1) is 11.0 Å². The van der Waals surface area contributed by atoms with Crippen LogP contribution in [0.4, 0.5) is 5.69 Å². The van der Waals surface area contributed by atoms with Gasteiger partial charge in [-0.3, -0.25) is 0 Å². The third kappa shape index (κ3) is 2.07. The summed E-state index contributed by atoms with van der Waals surface area (Å²) in [6, 6.07) is 5.51. The van der Waals surface area contributed by atoms with Crippen LogP contribution in [0.15, 0.2) is 18.2 Å². The molecule has 0 aliphatic carbocycles. The maximum Gasteiger partial charge on any atom is 0.136 e. The van der Waals surface area contributed by atoms with E-state index in [2.05, 4.69) is 4.98 Å². The van der Waals surface area contributed by atoms with Gasteiger partial charge in [0, 0.05) is 17.8 Å². The maximum absolute atomic E-state index is 9.44. The lowest BCUT2D eigenvalue weighted by Crippen LogP contribution is -2.29. The summed E-state index contributed by atoms with van der Waals surface area (Å²) in [5.74, 6) is 0.592. The number of hydrogen-bond donors (Lipinski definition) is 3. The summed E-state index contributed by atoms with van der Waals surface area (Å²) in [5, 5.41) is 18.6. The van der Waals surface area contributed by atoms with Crippen LogP contribution in [0.25, 0.3) is 11.0 Å². The van der Waals surface area contributed by atoms with E-state index in [1.54, 1.807) is 6.07 Å². The van der Waals surface area contributed by atoms with Crippen LogP contribution in [0.2, 0.25) is 0 Å². The van der Waals surface area contributed by atoms with Gasteiger partial charge in [0.15, 0.2) is 0 Å². The number of aromatic nitrogens is 2. The number of aliphatic hydroxyl groups excluding tert-OH is 2. The van der Waals surface area contributed by atoms with E-state index in [9.17, 15) is 5.11 Å². The smallest absolute Gasteiger partial charge is 0.136 e. The highest BCUT2D eigenvalue weighted by Crippen LogP contribution is 2.28. The predicted molar refractivity (Wildman–Crippen MR) is 71.1 cm³/mol. The fourth-order valence-electron chi connectivity index (χ4n) is 2.31. The van der Waals surface area contributed by atoms with Crippen molar-refractivity contribution in [3.05, 3.63) is 24.0 Å². The van der Waals surface area contributed by atoms with Crippen molar-refractivity contribution in [3.63, 3.8) is 0 Å². The Balaban J connectivity index is 2.67. The summed E-state index contributed by atoms with van der Waals surface area (Å²) in [6.45, 7) is 3.98. The van der Waals surface area contributed by atoms with Gasteiger partial charge in [-0.1, -0.05) is 0 Å². The molecule has 1 aromatic carbocycles. The van der Waals surface area contributed by atoms with E-state index in [1.165, 1.54) is 0 Å². The molecule has 0 aliphatic rings. The van der Waals surface area contributed by atoms with Crippen molar-refractivity contribution in [2.24, 2.45) is 0 Å². The van der Waals surface area contributed by atoms with E-state index >= 15 is 0 Å². The number of anilines is 1. The zero-order valence-corrected chi connectivity index (χ0v) is 10.7. The first-order valence-corrected chi connectivity index (χ1v) is 5.98. The van der Waals surface area contributed by atoms with Gasteiger partial charge in [-0.15, -0.1) is 0 Å². The Bertz CT molecular complexity index is 561. The number of aliphatic hydroxyl groups is 2. The molecule has 0 spiro atoms. The van der Waals surface area contributed by atoms with Gasteiger partial charge in [-0.25, -0.2) is 4.98 Å². The van der Waals surface area contributed by atoms with Crippen LogP contribution in [0.5, 0.6) is 0 Å². The summed E-state index contributed by atoms with van der Waals surface area (Å²) < 4.78 is 1.97. The minimum Gasteiger partial charge on any atom is -0.399 e. The minimum absolute atomic E-state index is 0.0898. The second kappa shape index (κ2) is 4.59. The zero-order valence-electron chi connectivity index (χ0n) is 10.7. The minimum atomic E-state index is -0.308. The van der Waals surface area contributed by atoms with Gasteiger partial charge in [0.1, 0.15) is 12.4 Å². The fraction of sp³-hybridized carbons (Fsp3) is 0.462. The lowest BCUT2D eigenvalue weighted by molar-refractivity contribution is 0.199. The van der Waals surface area contributed by atoms with Gasteiger partial charge in [-0.2, -0.15) is 0 Å². The van der Waals surface area contributed by atoms with Gasteiger partial charge in [0.25, 0.3) is 0 Å². The highest BCUT2D eigenvalue weighted by atomic mass is 16.3. The first-order chi connectivity index (χ1) is 8.49. The molecule has 2 aromatic rings. The van der Waals surface area contributed by atoms with Crippen LogP contribution in [0.1, 0.15) is 26.1 Å². The van der Waals surface area contributed by atoms with E-state index < -0.39 is 0 Å². The number of nitrogen functional groups attached to an aromatic ring is 1. The van der Waals surface area contributed by atoms with Crippen LogP contribution in [-0.4, -0.2) is 26.4 Å². The molecular formula is C13H19N3O2. The average Bonchev–Trinajstić information content (AvgIpc) is 2.66. The number of rotatable bonds is 4. The predicted octanol–water partition coefficient (Wildman–Crippen LogP) is 1.23. The van der Waals surface area contributed by atoms with E-state index in [-0.39, 0.29) is 18.8 Å². The standard InChI is InChI=1S/C13H19N3O2/c1-13(2,5-6-17)16-11-4-3-9(14)7-10(11)15-12(16)8-18/h3-4,7,17-18H,5-6,8,14H2,1-2H3. The topological polar surface area (TPSA) is 84.3 Å². The van der Waals surface area contributed by atoms with Gasteiger partial charge in [0.2, 0.25) is 0 Å². The maximum atomic E-state index is 9.44. The molecule has 0 radical (unpaired) electrons. The van der Waals surface area contributed by atoms with Crippen molar-refractivity contribution in [2.45, 2.75) is 32.4 Å². The Hall–Kier alpha value is -1.59. The molecule has 98 valence electrons. The van der Waals surface area contributed by atoms with Gasteiger partial charge in [-0.05, 0) is 38.5 Å². The quantitative estimate of drug-likeness (QED) is 0.711. The Morgan fingerprint density at radius 1 is 1.33 bits per heavy atom. The van der Waals surface area contributed by atoms with Crippen molar-refractivity contribution in [3.8, 4) is 0 Å². The molecule has 1 heterocycles. The molecule has 0 saturated carbocycles. The molecule has 0 aliphatic heterocycles. The third-order valence-corrected chi connectivity index (χ3v) is 3.22. The Morgan fingerprint density at radius 2 is 2.06 bits per heavy atom. The van der Waals surface area contributed by atoms with E-state index in [0.717, 1.165) is 11.0 Å². The van der Waals surface area contributed by atoms with E-state index in [1.807, 2.05) is 30.5 Å².